The van der Waals surface area contributed by atoms with Crippen LogP contribution in [0.2, 0.25) is 0 Å². The Labute approximate surface area is 302 Å². The lowest BCUT2D eigenvalue weighted by Gasteiger charge is -2.13. The lowest BCUT2D eigenvalue weighted by atomic mass is 9.93. The third-order valence-electron chi connectivity index (χ3n) is 10.9. The smallest absolute Gasteiger partial charge is 0.236 e. The molecule has 5 nitrogen and oxygen atoms in total. The molecule has 246 valence electrons. The van der Waals surface area contributed by atoms with Crippen LogP contribution in [0.3, 0.4) is 0 Å². The van der Waals surface area contributed by atoms with Gasteiger partial charge in [0.15, 0.2) is 5.58 Å². The number of para-hydroxylation sites is 4. The Morgan fingerprint density at radius 3 is 1.77 bits per heavy atom. The molecule has 12 aromatic rings. The molecule has 0 spiro atoms. The van der Waals surface area contributed by atoms with Crippen molar-refractivity contribution in [2.75, 3.05) is 0 Å². The van der Waals surface area contributed by atoms with Crippen LogP contribution < -0.4 is 0 Å². The van der Waals surface area contributed by atoms with Crippen molar-refractivity contribution >= 4 is 87.2 Å². The molecule has 5 heteroatoms. The first-order valence-electron chi connectivity index (χ1n) is 17.9. The molecule has 53 heavy (non-hydrogen) atoms. The van der Waals surface area contributed by atoms with Crippen molar-refractivity contribution in [3.8, 4) is 22.9 Å². The maximum Gasteiger partial charge on any atom is 0.236 e. The highest BCUT2D eigenvalue weighted by Gasteiger charge is 2.25. The number of aromatic nitrogens is 4. The van der Waals surface area contributed by atoms with Gasteiger partial charge in [0, 0.05) is 49.0 Å². The van der Waals surface area contributed by atoms with Gasteiger partial charge in [0.25, 0.3) is 0 Å². The zero-order valence-corrected chi connectivity index (χ0v) is 28.4. The molecule has 0 bridgehead atoms. The molecule has 4 heterocycles. The van der Waals surface area contributed by atoms with Gasteiger partial charge < -0.3 is 8.98 Å². The Morgan fingerprint density at radius 2 is 1.00 bits per heavy atom. The van der Waals surface area contributed by atoms with E-state index in [9.17, 15) is 0 Å². The van der Waals surface area contributed by atoms with Crippen molar-refractivity contribution in [1.29, 1.82) is 0 Å². The number of rotatable bonds is 3. The van der Waals surface area contributed by atoms with Gasteiger partial charge in [0.2, 0.25) is 5.95 Å². The fourth-order valence-corrected chi connectivity index (χ4v) is 8.75. The minimum Gasteiger partial charge on any atom is -0.452 e. The number of hydrogen-bond donors (Lipinski definition) is 0. The molecule has 0 amide bonds. The van der Waals surface area contributed by atoms with E-state index in [1.807, 2.05) is 36.4 Å². The highest BCUT2D eigenvalue weighted by Crippen LogP contribution is 2.47. The van der Waals surface area contributed by atoms with Crippen LogP contribution in [0.25, 0.3) is 110 Å². The highest BCUT2D eigenvalue weighted by molar-refractivity contribution is 6.39. The molecule has 0 unspecified atom stereocenters. The molecule has 0 fully saturated rings. The predicted molar refractivity (Wildman–Crippen MR) is 218 cm³/mol. The van der Waals surface area contributed by atoms with Crippen molar-refractivity contribution < 1.29 is 4.42 Å². The van der Waals surface area contributed by atoms with Gasteiger partial charge in [-0.15, -0.1) is 0 Å². The maximum atomic E-state index is 6.48. The minimum atomic E-state index is 0.609. The van der Waals surface area contributed by atoms with Crippen molar-refractivity contribution in [2.45, 2.75) is 0 Å². The topological polar surface area (TPSA) is 48.8 Å². The van der Waals surface area contributed by atoms with Crippen molar-refractivity contribution in [3.05, 3.63) is 170 Å². The van der Waals surface area contributed by atoms with Crippen molar-refractivity contribution in [1.82, 2.24) is 19.1 Å². The lowest BCUT2D eigenvalue weighted by molar-refractivity contribution is 0.666. The van der Waals surface area contributed by atoms with E-state index >= 15 is 0 Å². The van der Waals surface area contributed by atoms with E-state index in [0.29, 0.717) is 11.5 Å². The van der Waals surface area contributed by atoms with E-state index in [1.165, 1.54) is 48.7 Å². The fourth-order valence-electron chi connectivity index (χ4n) is 8.75. The lowest BCUT2D eigenvalue weighted by Crippen LogP contribution is -2.02. The molecule has 0 radical (unpaired) electrons. The van der Waals surface area contributed by atoms with Crippen LogP contribution in [0, 0.1) is 0 Å². The van der Waals surface area contributed by atoms with Crippen LogP contribution >= 0.6 is 0 Å². The summed E-state index contributed by atoms with van der Waals surface area (Å²) in [5, 5.41) is 10.7. The molecule has 0 N–H and O–H groups in total. The Hall–Kier alpha value is -7.24. The number of nitrogens with zero attached hydrogens (tertiary/aromatic N) is 4. The summed E-state index contributed by atoms with van der Waals surface area (Å²) in [7, 11) is 0. The SMILES string of the molecule is c1ccc(-c2nc(-n3c4ccccc4c4c5c(ccc43)c3ccccc3c3c5c4ccccc4n3-c3ccccc3)nc3c2oc2ccccc23)cc1. The van der Waals surface area contributed by atoms with E-state index in [-0.39, 0.29) is 0 Å². The summed E-state index contributed by atoms with van der Waals surface area (Å²) in [5.74, 6) is 0.609. The Morgan fingerprint density at radius 1 is 0.396 bits per heavy atom. The summed E-state index contributed by atoms with van der Waals surface area (Å²) in [6.45, 7) is 0. The second-order valence-electron chi connectivity index (χ2n) is 13.7. The summed E-state index contributed by atoms with van der Waals surface area (Å²) in [6, 6.07) is 60.0. The zero-order valence-electron chi connectivity index (χ0n) is 28.4. The largest absolute Gasteiger partial charge is 0.452 e. The van der Waals surface area contributed by atoms with Gasteiger partial charge in [0.05, 0.1) is 22.1 Å². The second-order valence-corrected chi connectivity index (χ2v) is 13.7. The molecule has 4 aromatic heterocycles. The molecule has 0 saturated carbocycles. The summed E-state index contributed by atoms with van der Waals surface area (Å²) in [5.41, 5.74) is 9.67. The normalized spacial score (nSPS) is 12.2. The summed E-state index contributed by atoms with van der Waals surface area (Å²) in [4.78, 5) is 10.7. The molecule has 8 aromatic carbocycles. The maximum absolute atomic E-state index is 6.48. The molecular weight excluding hydrogens is 649 g/mol. The summed E-state index contributed by atoms with van der Waals surface area (Å²) in [6.07, 6.45) is 0. The fraction of sp³-hybridized carbons (Fsp3) is 0. The average molecular weight is 677 g/mol. The first-order chi connectivity index (χ1) is 26.3. The number of fused-ring (bicyclic) bond motifs is 15. The second kappa shape index (κ2) is 10.6. The van der Waals surface area contributed by atoms with E-state index in [4.69, 9.17) is 14.4 Å². The summed E-state index contributed by atoms with van der Waals surface area (Å²) < 4.78 is 11.2. The number of furan rings is 1. The molecule has 0 aliphatic heterocycles. The van der Waals surface area contributed by atoms with Gasteiger partial charge in [-0.2, -0.15) is 0 Å². The predicted octanol–water partition coefficient (Wildman–Crippen LogP) is 12.5. The van der Waals surface area contributed by atoms with E-state index < -0.39 is 0 Å². The molecule has 12 rings (SSSR count). The molecule has 0 atom stereocenters. The number of hydrogen-bond acceptors (Lipinski definition) is 3. The zero-order chi connectivity index (χ0) is 34.6. The van der Waals surface area contributed by atoms with Gasteiger partial charge >= 0.3 is 0 Å². The summed E-state index contributed by atoms with van der Waals surface area (Å²) >= 11 is 0. The average Bonchev–Trinajstić information content (AvgIpc) is 3.89. The number of benzene rings is 8. The monoisotopic (exact) mass is 676 g/mol. The van der Waals surface area contributed by atoms with E-state index in [1.54, 1.807) is 0 Å². The third kappa shape index (κ3) is 3.85. The van der Waals surface area contributed by atoms with Crippen molar-refractivity contribution in [3.63, 3.8) is 0 Å². The molecular formula is C48H28N4O. The van der Waals surface area contributed by atoms with Gasteiger partial charge in [-0.1, -0.05) is 127 Å². The van der Waals surface area contributed by atoms with Crippen LogP contribution in [-0.4, -0.2) is 19.1 Å². The molecule has 0 aliphatic rings. The van der Waals surface area contributed by atoms with Crippen LogP contribution in [0.1, 0.15) is 0 Å². The van der Waals surface area contributed by atoms with Gasteiger partial charge in [-0.25, -0.2) is 9.97 Å². The first-order valence-corrected chi connectivity index (χ1v) is 17.9. The van der Waals surface area contributed by atoms with E-state index in [0.717, 1.165) is 49.9 Å². The first kappa shape index (κ1) is 28.5. The van der Waals surface area contributed by atoms with Crippen LogP contribution in [0.4, 0.5) is 0 Å². The quantitative estimate of drug-likeness (QED) is 0.175. The Balaban J connectivity index is 1.30. The Bertz CT molecular complexity index is 3450. The van der Waals surface area contributed by atoms with Gasteiger partial charge in [0.1, 0.15) is 16.8 Å². The molecule has 0 aliphatic carbocycles. The molecule has 0 saturated heterocycles. The van der Waals surface area contributed by atoms with E-state index in [2.05, 4.69) is 143 Å². The van der Waals surface area contributed by atoms with Crippen molar-refractivity contribution in [2.24, 2.45) is 0 Å². The highest BCUT2D eigenvalue weighted by atomic mass is 16.3. The Kier molecular flexibility index (Phi) is 5.71. The van der Waals surface area contributed by atoms with Crippen LogP contribution in [-0.2, 0) is 0 Å². The minimum absolute atomic E-state index is 0.609. The van der Waals surface area contributed by atoms with Gasteiger partial charge in [-0.3, -0.25) is 4.57 Å². The standard InChI is InChI=1S/C48H28N4O/c1-3-15-29(16-4-1)44-47-45(36-23-11-14-26-40(36)53-47)50-48(49-44)52-38-25-13-9-21-34(38)41-39(52)28-27-32-31-19-7-8-20-33(31)46-43(42(32)41)35-22-10-12-24-37(35)51(46)30-17-5-2-6-18-30/h1-28H. The van der Waals surface area contributed by atoms with Crippen LogP contribution in [0.5, 0.6) is 0 Å². The van der Waals surface area contributed by atoms with Gasteiger partial charge in [-0.05, 0) is 53.2 Å². The van der Waals surface area contributed by atoms with Crippen LogP contribution in [0.15, 0.2) is 174 Å². The third-order valence-corrected chi connectivity index (χ3v) is 10.9.